The zero-order chi connectivity index (χ0) is 13.8. The van der Waals surface area contributed by atoms with Gasteiger partial charge in [0.2, 0.25) is 0 Å². The highest BCUT2D eigenvalue weighted by molar-refractivity contribution is 9.10. The summed E-state index contributed by atoms with van der Waals surface area (Å²) < 4.78 is 6.54. The molecule has 4 nitrogen and oxygen atoms in total. The molecule has 1 fully saturated rings. The van der Waals surface area contributed by atoms with Gasteiger partial charge < -0.3 is 15.8 Å². The first-order chi connectivity index (χ1) is 9.06. The van der Waals surface area contributed by atoms with Crippen LogP contribution >= 0.6 is 28.3 Å². The molecule has 2 rings (SSSR count). The summed E-state index contributed by atoms with van der Waals surface area (Å²) >= 11 is 3.35. The highest BCUT2D eigenvalue weighted by Gasteiger charge is 2.28. The van der Waals surface area contributed by atoms with E-state index < -0.39 is 6.10 Å². The molecule has 0 heterocycles. The van der Waals surface area contributed by atoms with E-state index in [2.05, 4.69) is 21.2 Å². The largest absolute Gasteiger partial charge is 0.481 e. The molecule has 2 atom stereocenters. The highest BCUT2D eigenvalue weighted by Crippen LogP contribution is 2.31. The lowest BCUT2D eigenvalue weighted by atomic mass is 10.2. The number of nitrogens with two attached hydrogens (primary N) is 1. The molecule has 3 N–H and O–H groups in total. The van der Waals surface area contributed by atoms with Crippen LogP contribution in [-0.4, -0.2) is 24.6 Å². The Balaban J connectivity index is 0.00000200. The number of rotatable bonds is 6. The van der Waals surface area contributed by atoms with Gasteiger partial charge in [-0.05, 0) is 49.9 Å². The fraction of sp³-hybridized carbons (Fsp3) is 0.500. The van der Waals surface area contributed by atoms with Gasteiger partial charge in [-0.3, -0.25) is 4.79 Å². The van der Waals surface area contributed by atoms with Gasteiger partial charge in [-0.2, -0.15) is 0 Å². The van der Waals surface area contributed by atoms with Crippen molar-refractivity contribution in [2.24, 2.45) is 11.7 Å². The topological polar surface area (TPSA) is 64.3 Å². The Morgan fingerprint density at radius 2 is 2.05 bits per heavy atom. The van der Waals surface area contributed by atoms with Crippen LogP contribution in [-0.2, 0) is 4.79 Å². The standard InChI is InChI=1S/C14H19BrN2O2.ClH/c1-9(19-12-6-4-11(15)5-7-12)14(18)17-8-13(16)10-2-3-10;/h4-7,9-10,13H,2-3,8,16H2,1H3,(H,17,18);1H. The average Bonchev–Trinajstić information content (AvgIpc) is 3.22. The van der Waals surface area contributed by atoms with Crippen LogP contribution in [0.25, 0.3) is 0 Å². The fourth-order valence-electron chi connectivity index (χ4n) is 1.82. The van der Waals surface area contributed by atoms with Crippen molar-refractivity contribution in [2.45, 2.75) is 31.9 Å². The molecular weight excluding hydrogens is 344 g/mol. The molecular formula is C14H20BrClN2O2. The molecule has 1 aliphatic carbocycles. The lowest BCUT2D eigenvalue weighted by Crippen LogP contribution is -2.43. The van der Waals surface area contributed by atoms with E-state index >= 15 is 0 Å². The average molecular weight is 364 g/mol. The number of nitrogens with one attached hydrogen (secondary N) is 1. The number of benzene rings is 1. The second-order valence-electron chi connectivity index (χ2n) is 4.96. The maximum absolute atomic E-state index is 11.9. The first-order valence-corrected chi connectivity index (χ1v) is 7.31. The Kier molecular flexibility index (Phi) is 6.79. The summed E-state index contributed by atoms with van der Waals surface area (Å²) in [5.41, 5.74) is 5.94. The lowest BCUT2D eigenvalue weighted by molar-refractivity contribution is -0.127. The molecule has 0 aromatic heterocycles. The number of hydrogen-bond acceptors (Lipinski definition) is 3. The molecule has 0 saturated heterocycles. The molecule has 6 heteroatoms. The Labute approximate surface area is 134 Å². The summed E-state index contributed by atoms with van der Waals surface area (Å²) in [7, 11) is 0. The molecule has 1 aliphatic rings. The van der Waals surface area contributed by atoms with Gasteiger partial charge in [0.15, 0.2) is 6.10 Å². The first-order valence-electron chi connectivity index (χ1n) is 6.52. The summed E-state index contributed by atoms with van der Waals surface area (Å²) in [5.74, 6) is 1.14. The highest BCUT2D eigenvalue weighted by atomic mass is 79.9. The van der Waals surface area contributed by atoms with Crippen LogP contribution in [0, 0.1) is 5.92 Å². The summed E-state index contributed by atoms with van der Waals surface area (Å²) in [6.07, 6.45) is 1.84. The third kappa shape index (κ3) is 5.31. The smallest absolute Gasteiger partial charge is 0.260 e. The molecule has 0 spiro atoms. The molecule has 0 radical (unpaired) electrons. The number of hydrogen-bond donors (Lipinski definition) is 2. The summed E-state index contributed by atoms with van der Waals surface area (Å²) in [4.78, 5) is 11.9. The number of ether oxygens (including phenoxy) is 1. The van der Waals surface area contributed by atoms with Gasteiger partial charge >= 0.3 is 0 Å². The maximum atomic E-state index is 11.9. The van der Waals surface area contributed by atoms with Crippen molar-refractivity contribution in [3.63, 3.8) is 0 Å². The van der Waals surface area contributed by atoms with E-state index in [9.17, 15) is 4.79 Å². The fourth-order valence-corrected chi connectivity index (χ4v) is 2.09. The quantitative estimate of drug-likeness (QED) is 0.816. The van der Waals surface area contributed by atoms with Crippen LogP contribution in [0.4, 0.5) is 0 Å². The molecule has 1 amide bonds. The van der Waals surface area contributed by atoms with Crippen molar-refractivity contribution in [1.29, 1.82) is 0 Å². The molecule has 2 unspecified atom stereocenters. The van der Waals surface area contributed by atoms with Gasteiger partial charge in [0, 0.05) is 17.1 Å². The van der Waals surface area contributed by atoms with Crippen LogP contribution < -0.4 is 15.8 Å². The second kappa shape index (κ2) is 7.86. The molecule has 0 aliphatic heterocycles. The van der Waals surface area contributed by atoms with Crippen LogP contribution in [0.3, 0.4) is 0 Å². The summed E-state index contributed by atoms with van der Waals surface area (Å²) in [6.45, 7) is 2.26. The predicted octanol–water partition coefficient (Wildman–Crippen LogP) is 2.49. The molecule has 112 valence electrons. The van der Waals surface area contributed by atoms with E-state index in [1.165, 1.54) is 12.8 Å². The summed E-state index contributed by atoms with van der Waals surface area (Å²) in [5, 5.41) is 2.84. The van der Waals surface area contributed by atoms with E-state index in [4.69, 9.17) is 10.5 Å². The van der Waals surface area contributed by atoms with Crippen LogP contribution in [0.2, 0.25) is 0 Å². The second-order valence-corrected chi connectivity index (χ2v) is 5.88. The lowest BCUT2D eigenvalue weighted by Gasteiger charge is -2.17. The molecule has 1 aromatic rings. The van der Waals surface area contributed by atoms with E-state index in [0.717, 1.165) is 4.47 Å². The van der Waals surface area contributed by atoms with Gasteiger partial charge in [0.1, 0.15) is 5.75 Å². The van der Waals surface area contributed by atoms with Gasteiger partial charge in [-0.1, -0.05) is 15.9 Å². The SMILES string of the molecule is CC(Oc1ccc(Br)cc1)C(=O)NCC(N)C1CC1.Cl. The predicted molar refractivity (Wildman–Crippen MR) is 85.2 cm³/mol. The monoisotopic (exact) mass is 362 g/mol. The normalized spacial score (nSPS) is 16.8. The van der Waals surface area contributed by atoms with Crippen LogP contribution in [0.15, 0.2) is 28.7 Å². The van der Waals surface area contributed by atoms with E-state index in [1.54, 1.807) is 6.92 Å². The third-order valence-electron chi connectivity index (χ3n) is 3.24. The zero-order valence-electron chi connectivity index (χ0n) is 11.3. The van der Waals surface area contributed by atoms with Gasteiger partial charge in [-0.15, -0.1) is 12.4 Å². The number of carbonyl (C=O) groups excluding carboxylic acids is 1. The first kappa shape index (κ1) is 17.3. The maximum Gasteiger partial charge on any atom is 0.260 e. The van der Waals surface area contributed by atoms with Gasteiger partial charge in [0.25, 0.3) is 5.91 Å². The van der Waals surface area contributed by atoms with Gasteiger partial charge in [0.05, 0.1) is 0 Å². The van der Waals surface area contributed by atoms with E-state index in [-0.39, 0.29) is 24.4 Å². The van der Waals surface area contributed by atoms with Crippen molar-refractivity contribution in [3.8, 4) is 5.75 Å². The minimum atomic E-state index is -0.521. The van der Waals surface area contributed by atoms with E-state index in [1.807, 2.05) is 24.3 Å². The molecule has 1 aromatic carbocycles. The number of amides is 1. The van der Waals surface area contributed by atoms with Crippen molar-refractivity contribution in [2.75, 3.05) is 6.54 Å². The van der Waals surface area contributed by atoms with Crippen LogP contribution in [0.1, 0.15) is 19.8 Å². The summed E-state index contributed by atoms with van der Waals surface area (Å²) in [6, 6.07) is 7.48. The van der Waals surface area contributed by atoms with Crippen molar-refractivity contribution in [3.05, 3.63) is 28.7 Å². The number of halogens is 2. The zero-order valence-corrected chi connectivity index (χ0v) is 13.7. The van der Waals surface area contributed by atoms with Crippen molar-refractivity contribution in [1.82, 2.24) is 5.32 Å². The van der Waals surface area contributed by atoms with Crippen molar-refractivity contribution >= 4 is 34.2 Å². The van der Waals surface area contributed by atoms with Crippen LogP contribution in [0.5, 0.6) is 5.75 Å². The Morgan fingerprint density at radius 3 is 2.60 bits per heavy atom. The van der Waals surface area contributed by atoms with E-state index in [0.29, 0.717) is 18.2 Å². The van der Waals surface area contributed by atoms with Gasteiger partial charge in [-0.25, -0.2) is 0 Å². The van der Waals surface area contributed by atoms with Crippen molar-refractivity contribution < 1.29 is 9.53 Å². The Hall–Kier alpha value is -0.780. The molecule has 1 saturated carbocycles. The Bertz CT molecular complexity index is 437. The minimum absolute atomic E-state index is 0. The molecule has 20 heavy (non-hydrogen) atoms. The minimum Gasteiger partial charge on any atom is -0.481 e. The Morgan fingerprint density at radius 1 is 1.45 bits per heavy atom. The number of carbonyl (C=O) groups is 1. The molecule has 0 bridgehead atoms. The third-order valence-corrected chi connectivity index (χ3v) is 3.76.